The van der Waals surface area contributed by atoms with Gasteiger partial charge in [0.1, 0.15) is 11.3 Å². The van der Waals surface area contributed by atoms with E-state index in [0.717, 1.165) is 41.0 Å². The average Bonchev–Trinajstić information content (AvgIpc) is 3.35. The third-order valence-corrected chi connectivity index (χ3v) is 7.26. The average molecular weight is 514 g/mol. The molecule has 0 bridgehead atoms. The summed E-state index contributed by atoms with van der Waals surface area (Å²) in [6.45, 7) is 9.34. The fourth-order valence-electron chi connectivity index (χ4n) is 3.92. The minimum absolute atomic E-state index is 0.161. The molecule has 0 spiro atoms. The summed E-state index contributed by atoms with van der Waals surface area (Å²) in [5.74, 6) is 2.09. The zero-order valence-electron chi connectivity index (χ0n) is 22.1. The highest BCUT2D eigenvalue weighted by atomic mass is 32.1. The van der Waals surface area contributed by atoms with Crippen LogP contribution in [0.25, 0.3) is 16.3 Å². The van der Waals surface area contributed by atoms with Gasteiger partial charge in [-0.25, -0.2) is 4.98 Å². The van der Waals surface area contributed by atoms with E-state index in [1.54, 1.807) is 57.6 Å². The van der Waals surface area contributed by atoms with Crippen molar-refractivity contribution < 1.29 is 23.7 Å². The predicted molar refractivity (Wildman–Crippen MR) is 146 cm³/mol. The highest BCUT2D eigenvalue weighted by Gasteiger charge is 2.21. The van der Waals surface area contributed by atoms with Gasteiger partial charge in [0.05, 0.1) is 33.1 Å². The van der Waals surface area contributed by atoms with Crippen molar-refractivity contribution in [2.24, 2.45) is 0 Å². The predicted octanol–water partition coefficient (Wildman–Crippen LogP) is 5.03. The van der Waals surface area contributed by atoms with Gasteiger partial charge in [-0.3, -0.25) is 9.69 Å². The van der Waals surface area contributed by atoms with Gasteiger partial charge in [0.15, 0.2) is 16.6 Å². The van der Waals surface area contributed by atoms with Crippen molar-refractivity contribution in [1.29, 1.82) is 0 Å². The van der Waals surface area contributed by atoms with Gasteiger partial charge in [0, 0.05) is 19.2 Å². The molecule has 2 aromatic carbocycles. The fraction of sp³-hybridized carbons (Fsp3) is 0.407. The highest BCUT2D eigenvalue weighted by molar-refractivity contribution is 7.22. The number of anilines is 1. The second-order valence-corrected chi connectivity index (χ2v) is 9.05. The van der Waals surface area contributed by atoms with E-state index in [1.807, 2.05) is 19.1 Å². The highest BCUT2D eigenvalue weighted by Crippen LogP contribution is 2.39. The molecule has 0 aliphatic carbocycles. The molecule has 1 aromatic heterocycles. The summed E-state index contributed by atoms with van der Waals surface area (Å²) in [6, 6.07) is 7.53. The number of carbonyl (C=O) groups is 1. The number of methoxy groups -OCH3 is 4. The normalized spacial score (nSPS) is 11.3. The van der Waals surface area contributed by atoms with E-state index in [-0.39, 0.29) is 5.91 Å². The molecule has 0 aliphatic heterocycles. The van der Waals surface area contributed by atoms with Crippen LogP contribution in [-0.2, 0) is 4.79 Å². The molecule has 0 N–H and O–H groups in total. The topological polar surface area (TPSA) is 73.4 Å². The molecule has 36 heavy (non-hydrogen) atoms. The van der Waals surface area contributed by atoms with Crippen LogP contribution in [0.3, 0.4) is 0 Å². The van der Waals surface area contributed by atoms with Crippen LogP contribution in [0.5, 0.6) is 23.0 Å². The van der Waals surface area contributed by atoms with E-state index < -0.39 is 0 Å². The molecule has 0 aliphatic rings. The number of likely N-dealkylation sites (N-methyl/N-ethyl adjacent to an activating group) is 1. The van der Waals surface area contributed by atoms with Crippen molar-refractivity contribution in [3.63, 3.8) is 0 Å². The first-order valence-corrected chi connectivity index (χ1v) is 12.7. The molecule has 8 nitrogen and oxygen atoms in total. The monoisotopic (exact) mass is 513 g/mol. The maximum absolute atomic E-state index is 13.5. The molecule has 0 fully saturated rings. The molecule has 9 heteroatoms. The molecule has 0 saturated heterocycles. The SMILES string of the molecule is CCN(CC)CCN(C(=O)C=Cc1cc(OC)c(OC)c(OC)c1)c1nc2c(OC)ccc(C)c2s1. The second kappa shape index (κ2) is 12.6. The van der Waals surface area contributed by atoms with Crippen LogP contribution in [0.15, 0.2) is 30.3 Å². The summed E-state index contributed by atoms with van der Waals surface area (Å²) in [4.78, 5) is 22.4. The summed E-state index contributed by atoms with van der Waals surface area (Å²) < 4.78 is 22.8. The Kier molecular flexibility index (Phi) is 9.55. The van der Waals surface area contributed by atoms with Gasteiger partial charge in [-0.2, -0.15) is 0 Å². The Morgan fingerprint density at radius 2 is 1.58 bits per heavy atom. The van der Waals surface area contributed by atoms with Gasteiger partial charge in [-0.05, 0) is 55.4 Å². The third-order valence-electron chi connectivity index (χ3n) is 6.05. The second-order valence-electron chi connectivity index (χ2n) is 8.07. The Balaban J connectivity index is 1.98. The van der Waals surface area contributed by atoms with E-state index in [1.165, 1.54) is 11.3 Å². The van der Waals surface area contributed by atoms with Gasteiger partial charge in [-0.1, -0.05) is 31.3 Å². The van der Waals surface area contributed by atoms with Crippen LogP contribution in [0.4, 0.5) is 5.13 Å². The number of thiazole rings is 1. The Bertz CT molecular complexity index is 1190. The van der Waals surface area contributed by atoms with Gasteiger partial charge in [-0.15, -0.1) is 0 Å². The first-order chi connectivity index (χ1) is 17.4. The Morgan fingerprint density at radius 1 is 0.944 bits per heavy atom. The van der Waals surface area contributed by atoms with Crippen molar-refractivity contribution in [3.8, 4) is 23.0 Å². The minimum Gasteiger partial charge on any atom is -0.494 e. The standard InChI is InChI=1S/C27H35N3O5S/c1-8-29(9-2)14-15-30(27-28-24-20(32-4)12-10-18(3)26(24)36-27)23(31)13-11-19-16-21(33-5)25(35-7)22(17-19)34-6/h10-13,16-17H,8-9,14-15H2,1-7H3. The Morgan fingerprint density at radius 3 is 2.14 bits per heavy atom. The number of benzene rings is 2. The lowest BCUT2D eigenvalue weighted by atomic mass is 10.1. The van der Waals surface area contributed by atoms with Gasteiger partial charge < -0.3 is 23.8 Å². The van der Waals surface area contributed by atoms with Crippen LogP contribution >= 0.6 is 11.3 Å². The first kappa shape index (κ1) is 27.3. The van der Waals surface area contributed by atoms with E-state index in [9.17, 15) is 4.79 Å². The number of hydrogen-bond acceptors (Lipinski definition) is 8. The van der Waals surface area contributed by atoms with E-state index >= 15 is 0 Å². The lowest BCUT2D eigenvalue weighted by Crippen LogP contribution is -2.38. The van der Waals surface area contributed by atoms with Crippen LogP contribution in [0, 0.1) is 6.92 Å². The molecule has 3 rings (SSSR count). The quantitative estimate of drug-likeness (QED) is 0.315. The zero-order valence-corrected chi connectivity index (χ0v) is 22.9. The molecule has 1 amide bonds. The van der Waals surface area contributed by atoms with Crippen molar-refractivity contribution in [3.05, 3.63) is 41.5 Å². The van der Waals surface area contributed by atoms with Crippen molar-refractivity contribution in [2.75, 3.05) is 59.5 Å². The third kappa shape index (κ3) is 5.91. The zero-order chi connectivity index (χ0) is 26.2. The number of nitrogens with zero attached hydrogens (tertiary/aromatic N) is 3. The Hall–Kier alpha value is -3.30. The van der Waals surface area contributed by atoms with Crippen molar-refractivity contribution in [2.45, 2.75) is 20.8 Å². The minimum atomic E-state index is -0.161. The van der Waals surface area contributed by atoms with Crippen molar-refractivity contribution >= 4 is 38.7 Å². The summed E-state index contributed by atoms with van der Waals surface area (Å²) in [7, 11) is 6.32. The number of aryl methyl sites for hydroxylation is 1. The van der Waals surface area contributed by atoms with Crippen LogP contribution in [-0.4, -0.2) is 70.4 Å². The number of hydrogen-bond donors (Lipinski definition) is 0. The largest absolute Gasteiger partial charge is 0.494 e. The molecule has 0 saturated carbocycles. The lowest BCUT2D eigenvalue weighted by molar-refractivity contribution is -0.114. The molecular formula is C27H35N3O5S. The number of fused-ring (bicyclic) bond motifs is 1. The number of rotatable bonds is 12. The molecule has 0 unspecified atom stereocenters. The molecule has 3 aromatic rings. The number of amides is 1. The van der Waals surface area contributed by atoms with Crippen LogP contribution in [0.1, 0.15) is 25.0 Å². The lowest BCUT2D eigenvalue weighted by Gasteiger charge is -2.23. The van der Waals surface area contributed by atoms with Crippen LogP contribution in [0.2, 0.25) is 0 Å². The first-order valence-electron chi connectivity index (χ1n) is 11.9. The van der Waals surface area contributed by atoms with Crippen molar-refractivity contribution in [1.82, 2.24) is 9.88 Å². The Labute approximate surface area is 217 Å². The maximum Gasteiger partial charge on any atom is 0.252 e. The molecule has 0 radical (unpaired) electrons. The number of carbonyl (C=O) groups excluding carboxylic acids is 1. The van der Waals surface area contributed by atoms with E-state index in [2.05, 4.69) is 18.7 Å². The van der Waals surface area contributed by atoms with Crippen LogP contribution < -0.4 is 23.8 Å². The van der Waals surface area contributed by atoms with E-state index in [0.29, 0.717) is 34.7 Å². The molecule has 1 heterocycles. The number of aromatic nitrogens is 1. The smallest absolute Gasteiger partial charge is 0.252 e. The molecule has 194 valence electrons. The summed E-state index contributed by atoms with van der Waals surface area (Å²) in [5.41, 5.74) is 2.62. The summed E-state index contributed by atoms with van der Waals surface area (Å²) in [5, 5.41) is 0.643. The number of ether oxygens (including phenoxy) is 4. The van der Waals surface area contributed by atoms with Gasteiger partial charge >= 0.3 is 0 Å². The van der Waals surface area contributed by atoms with Gasteiger partial charge in [0.25, 0.3) is 5.91 Å². The maximum atomic E-state index is 13.5. The van der Waals surface area contributed by atoms with Gasteiger partial charge in [0.2, 0.25) is 5.75 Å². The summed E-state index contributed by atoms with van der Waals surface area (Å²) in [6.07, 6.45) is 3.30. The molecular weight excluding hydrogens is 478 g/mol. The van der Waals surface area contributed by atoms with E-state index in [4.69, 9.17) is 23.9 Å². The summed E-state index contributed by atoms with van der Waals surface area (Å²) >= 11 is 1.50. The fourth-order valence-corrected chi connectivity index (χ4v) is 5.00. The molecule has 0 atom stereocenters.